The van der Waals surface area contributed by atoms with Gasteiger partial charge < -0.3 is 5.73 Å². The molecule has 0 spiro atoms. The zero-order valence-corrected chi connectivity index (χ0v) is 13.6. The fraction of sp³-hybridized carbons (Fsp3) is 1.00. The third-order valence-electron chi connectivity index (χ3n) is 4.53. The van der Waals surface area contributed by atoms with Gasteiger partial charge in [0.05, 0.1) is 0 Å². The van der Waals surface area contributed by atoms with Gasteiger partial charge in [0.15, 0.2) is 0 Å². The second-order valence-corrected chi connectivity index (χ2v) is 8.05. The highest BCUT2D eigenvalue weighted by Gasteiger charge is 2.43. The van der Waals surface area contributed by atoms with Crippen LogP contribution in [0.15, 0.2) is 0 Å². The lowest BCUT2D eigenvalue weighted by atomic mass is 9.62. The van der Waals surface area contributed by atoms with Gasteiger partial charge >= 0.3 is 0 Å². The van der Waals surface area contributed by atoms with Crippen LogP contribution in [-0.4, -0.2) is 29.6 Å². The van der Waals surface area contributed by atoms with E-state index < -0.39 is 0 Å². The van der Waals surface area contributed by atoms with Crippen LogP contribution in [0.2, 0.25) is 0 Å². The molecule has 0 saturated heterocycles. The molecular weight excluding hydrogens is 220 g/mol. The molecular formula is C16H34N2. The van der Waals surface area contributed by atoms with E-state index in [9.17, 15) is 0 Å². The highest BCUT2D eigenvalue weighted by Crippen LogP contribution is 2.47. The van der Waals surface area contributed by atoms with Crippen LogP contribution in [0.25, 0.3) is 0 Å². The van der Waals surface area contributed by atoms with E-state index in [1.807, 2.05) is 0 Å². The zero-order chi connectivity index (χ0) is 14.1. The topological polar surface area (TPSA) is 29.3 Å². The molecule has 2 nitrogen and oxygen atoms in total. The largest absolute Gasteiger partial charge is 0.330 e. The summed E-state index contributed by atoms with van der Waals surface area (Å²) in [6.07, 6.45) is 3.82. The van der Waals surface area contributed by atoms with E-state index in [0.717, 1.165) is 6.54 Å². The maximum absolute atomic E-state index is 6.05. The summed E-state index contributed by atoms with van der Waals surface area (Å²) >= 11 is 0. The smallest absolute Gasteiger partial charge is 0.0111 e. The summed E-state index contributed by atoms with van der Waals surface area (Å²) in [4.78, 5) is 2.69. The maximum atomic E-state index is 6.05. The molecule has 0 heterocycles. The Kier molecular flexibility index (Phi) is 4.88. The predicted octanol–water partition coefficient (Wildman–Crippen LogP) is 3.65. The van der Waals surface area contributed by atoms with Crippen molar-refractivity contribution < 1.29 is 0 Å². The van der Waals surface area contributed by atoms with Gasteiger partial charge in [0.2, 0.25) is 0 Å². The monoisotopic (exact) mass is 254 g/mol. The highest BCUT2D eigenvalue weighted by molar-refractivity contribution is 4.96. The summed E-state index contributed by atoms with van der Waals surface area (Å²) in [6, 6.07) is 1.92. The van der Waals surface area contributed by atoms with Gasteiger partial charge in [0.25, 0.3) is 0 Å². The first kappa shape index (κ1) is 16.0. The molecule has 2 unspecified atom stereocenters. The van der Waals surface area contributed by atoms with Crippen molar-refractivity contribution in [3.63, 3.8) is 0 Å². The van der Waals surface area contributed by atoms with E-state index in [2.05, 4.69) is 53.4 Å². The molecule has 0 aromatic rings. The van der Waals surface area contributed by atoms with Crippen LogP contribution >= 0.6 is 0 Å². The summed E-state index contributed by atoms with van der Waals surface area (Å²) in [6.45, 7) is 17.3. The number of hydrogen-bond donors (Lipinski definition) is 1. The lowest BCUT2D eigenvalue weighted by Crippen LogP contribution is -2.53. The Morgan fingerprint density at radius 1 is 1.06 bits per heavy atom. The molecule has 1 saturated carbocycles. The summed E-state index contributed by atoms with van der Waals surface area (Å²) in [7, 11) is 0. The van der Waals surface area contributed by atoms with Crippen molar-refractivity contribution in [1.82, 2.24) is 4.90 Å². The summed E-state index contributed by atoms with van der Waals surface area (Å²) in [5, 5.41) is 0. The number of hydrogen-bond acceptors (Lipinski definition) is 2. The fourth-order valence-corrected chi connectivity index (χ4v) is 4.38. The summed E-state index contributed by atoms with van der Waals surface area (Å²) in [5.74, 6) is 0. The van der Waals surface area contributed by atoms with Gasteiger partial charge in [0, 0.05) is 18.1 Å². The van der Waals surface area contributed by atoms with Crippen molar-refractivity contribution in [3.8, 4) is 0 Å². The van der Waals surface area contributed by atoms with Crippen LogP contribution in [0.5, 0.6) is 0 Å². The first-order valence-electron chi connectivity index (χ1n) is 7.58. The fourth-order valence-electron chi connectivity index (χ4n) is 4.38. The Labute approximate surface area is 114 Å². The van der Waals surface area contributed by atoms with Crippen molar-refractivity contribution in [2.75, 3.05) is 6.54 Å². The summed E-state index contributed by atoms with van der Waals surface area (Å²) < 4.78 is 0. The Balaban J connectivity index is 2.94. The van der Waals surface area contributed by atoms with Crippen LogP contribution in [0, 0.1) is 10.8 Å². The van der Waals surface area contributed by atoms with E-state index in [1.165, 1.54) is 19.3 Å². The molecule has 0 aromatic carbocycles. The lowest BCUT2D eigenvalue weighted by Gasteiger charge is -2.51. The van der Waals surface area contributed by atoms with Crippen molar-refractivity contribution >= 4 is 0 Å². The van der Waals surface area contributed by atoms with Crippen LogP contribution in [0.3, 0.4) is 0 Å². The predicted molar refractivity (Wildman–Crippen MR) is 80.7 cm³/mol. The minimum atomic E-state index is 0.314. The van der Waals surface area contributed by atoms with E-state index in [4.69, 9.17) is 5.73 Å². The molecule has 18 heavy (non-hydrogen) atoms. The second-order valence-electron chi connectivity index (χ2n) is 8.05. The quantitative estimate of drug-likeness (QED) is 0.830. The Hall–Kier alpha value is -0.0800. The molecule has 0 aliphatic heterocycles. The van der Waals surface area contributed by atoms with Gasteiger partial charge in [-0.05, 0) is 64.3 Å². The number of rotatable bonds is 4. The molecule has 2 N–H and O–H groups in total. The van der Waals surface area contributed by atoms with Crippen molar-refractivity contribution in [1.29, 1.82) is 0 Å². The Morgan fingerprint density at radius 3 is 1.94 bits per heavy atom. The minimum Gasteiger partial charge on any atom is -0.330 e. The third kappa shape index (κ3) is 3.71. The molecule has 0 bridgehead atoms. The van der Waals surface area contributed by atoms with E-state index >= 15 is 0 Å². The average molecular weight is 254 g/mol. The normalized spacial score (nSPS) is 32.5. The number of nitrogens with two attached hydrogens (primary N) is 1. The van der Waals surface area contributed by atoms with Crippen LogP contribution in [0.1, 0.15) is 67.7 Å². The first-order valence-corrected chi connectivity index (χ1v) is 7.58. The Bertz CT molecular complexity index is 262. The second kappa shape index (κ2) is 5.50. The molecule has 1 aliphatic carbocycles. The van der Waals surface area contributed by atoms with E-state index in [1.54, 1.807) is 0 Å². The molecule has 0 amide bonds. The zero-order valence-electron chi connectivity index (χ0n) is 13.6. The molecule has 2 atom stereocenters. The molecule has 0 radical (unpaired) electrons. The molecule has 1 aliphatic rings. The Morgan fingerprint density at radius 2 is 1.56 bits per heavy atom. The van der Waals surface area contributed by atoms with Gasteiger partial charge in [-0.25, -0.2) is 0 Å². The van der Waals surface area contributed by atoms with Gasteiger partial charge in [-0.2, -0.15) is 0 Å². The van der Waals surface area contributed by atoms with Crippen LogP contribution in [-0.2, 0) is 0 Å². The standard InChI is InChI=1S/C16H34N2/c1-12(2)18(13(3)4)14-8-15(5,6)10-16(7,9-14)11-17/h12-14H,8-11,17H2,1-7H3. The number of nitrogens with zero attached hydrogens (tertiary/aromatic N) is 1. The van der Waals surface area contributed by atoms with Gasteiger partial charge in [-0.15, -0.1) is 0 Å². The van der Waals surface area contributed by atoms with Crippen molar-refractivity contribution in [2.24, 2.45) is 16.6 Å². The lowest BCUT2D eigenvalue weighted by molar-refractivity contribution is -0.00795. The molecule has 1 rings (SSSR count). The first-order chi connectivity index (χ1) is 8.10. The van der Waals surface area contributed by atoms with Gasteiger partial charge in [-0.3, -0.25) is 4.90 Å². The van der Waals surface area contributed by atoms with E-state index in [0.29, 0.717) is 29.0 Å². The average Bonchev–Trinajstić information content (AvgIpc) is 2.13. The van der Waals surface area contributed by atoms with E-state index in [-0.39, 0.29) is 0 Å². The van der Waals surface area contributed by atoms with Crippen LogP contribution < -0.4 is 5.73 Å². The van der Waals surface area contributed by atoms with Crippen LogP contribution in [0.4, 0.5) is 0 Å². The minimum absolute atomic E-state index is 0.314. The van der Waals surface area contributed by atoms with Crippen molar-refractivity contribution in [2.45, 2.75) is 85.9 Å². The third-order valence-corrected chi connectivity index (χ3v) is 4.53. The summed E-state index contributed by atoms with van der Waals surface area (Å²) in [5.41, 5.74) is 6.78. The SMILES string of the molecule is CC(C)N(C(C)C)C1CC(C)(C)CC(C)(CN)C1. The maximum Gasteiger partial charge on any atom is 0.0111 e. The molecule has 0 aromatic heterocycles. The molecule has 1 fully saturated rings. The van der Waals surface area contributed by atoms with Crippen molar-refractivity contribution in [3.05, 3.63) is 0 Å². The molecule has 2 heteroatoms. The van der Waals surface area contributed by atoms with Gasteiger partial charge in [-0.1, -0.05) is 20.8 Å². The highest BCUT2D eigenvalue weighted by atomic mass is 15.2. The molecule has 108 valence electrons. The van der Waals surface area contributed by atoms with Gasteiger partial charge in [0.1, 0.15) is 0 Å².